The summed E-state index contributed by atoms with van der Waals surface area (Å²) in [7, 11) is 0. The molecule has 0 fully saturated rings. The molecule has 1 atom stereocenters. The fraction of sp³-hybridized carbons (Fsp3) is 0.200. The first-order chi connectivity index (χ1) is 10.0. The summed E-state index contributed by atoms with van der Waals surface area (Å²) in [5.74, 6) is 0.371. The Balaban J connectivity index is 1.90. The highest BCUT2D eigenvalue weighted by molar-refractivity contribution is 5.98. The molecule has 0 saturated carbocycles. The van der Waals surface area contributed by atoms with Gasteiger partial charge in [-0.15, -0.1) is 0 Å². The number of aliphatic carboxylic acids is 1. The second-order valence-corrected chi connectivity index (χ2v) is 4.80. The maximum Gasteiger partial charge on any atom is 0.311 e. The topological polar surface area (TPSA) is 88.8 Å². The zero-order chi connectivity index (χ0) is 15.0. The molecule has 1 aliphatic rings. The van der Waals surface area contributed by atoms with E-state index in [-0.39, 0.29) is 12.3 Å². The lowest BCUT2D eigenvalue weighted by molar-refractivity contribution is -0.136. The van der Waals surface area contributed by atoms with Crippen molar-refractivity contribution in [3.05, 3.63) is 36.1 Å². The molecule has 0 aliphatic carbocycles. The zero-order valence-corrected chi connectivity index (χ0v) is 11.3. The molecular formula is C15H13NO5. The van der Waals surface area contributed by atoms with Gasteiger partial charge < -0.3 is 19.6 Å². The fourth-order valence-corrected chi connectivity index (χ4v) is 2.14. The Morgan fingerprint density at radius 2 is 2.14 bits per heavy atom. The normalized spacial score (nSPS) is 16.8. The zero-order valence-electron chi connectivity index (χ0n) is 11.3. The van der Waals surface area contributed by atoms with Gasteiger partial charge in [-0.2, -0.15) is 0 Å². The van der Waals surface area contributed by atoms with Gasteiger partial charge >= 0.3 is 5.97 Å². The van der Waals surface area contributed by atoms with E-state index in [9.17, 15) is 9.59 Å². The Morgan fingerprint density at radius 1 is 1.33 bits per heavy atom. The summed E-state index contributed by atoms with van der Waals surface area (Å²) < 4.78 is 11.0. The third-order valence-electron chi connectivity index (χ3n) is 3.18. The monoisotopic (exact) mass is 287 g/mol. The molecular weight excluding hydrogens is 274 g/mol. The first-order valence-electron chi connectivity index (χ1n) is 6.45. The van der Waals surface area contributed by atoms with E-state index in [4.69, 9.17) is 14.3 Å². The Morgan fingerprint density at radius 3 is 2.90 bits per heavy atom. The molecule has 1 amide bonds. The number of furan rings is 1. The lowest BCUT2D eigenvalue weighted by Crippen LogP contribution is -2.34. The van der Waals surface area contributed by atoms with Gasteiger partial charge in [0.1, 0.15) is 23.7 Å². The highest BCUT2D eigenvalue weighted by Crippen LogP contribution is 2.34. The smallest absolute Gasteiger partial charge is 0.311 e. The maximum absolute atomic E-state index is 11.6. The average Bonchev–Trinajstić information content (AvgIpc) is 2.87. The van der Waals surface area contributed by atoms with E-state index in [0.29, 0.717) is 23.0 Å². The second-order valence-electron chi connectivity index (χ2n) is 4.80. The lowest BCUT2D eigenvalue weighted by atomic mass is 10.1. The van der Waals surface area contributed by atoms with Crippen LogP contribution in [0.1, 0.15) is 12.7 Å². The summed E-state index contributed by atoms with van der Waals surface area (Å²) in [6.45, 7) is 1.68. The van der Waals surface area contributed by atoms with Crippen molar-refractivity contribution in [1.82, 2.24) is 0 Å². The van der Waals surface area contributed by atoms with Crippen molar-refractivity contribution in [2.24, 2.45) is 0 Å². The van der Waals surface area contributed by atoms with Crippen molar-refractivity contribution < 1.29 is 23.8 Å². The summed E-state index contributed by atoms with van der Waals surface area (Å²) in [4.78, 5) is 22.3. The van der Waals surface area contributed by atoms with Crippen LogP contribution in [-0.2, 0) is 16.0 Å². The first kappa shape index (κ1) is 13.2. The number of benzene rings is 1. The molecule has 0 bridgehead atoms. The van der Waals surface area contributed by atoms with Crippen molar-refractivity contribution in [2.45, 2.75) is 19.4 Å². The minimum absolute atomic E-state index is 0.164. The van der Waals surface area contributed by atoms with Gasteiger partial charge in [-0.05, 0) is 37.3 Å². The number of ether oxygens (including phenoxy) is 1. The van der Waals surface area contributed by atoms with Crippen LogP contribution in [0.25, 0.3) is 11.3 Å². The Bertz CT molecular complexity index is 719. The largest absolute Gasteiger partial charge is 0.481 e. The molecule has 3 rings (SSSR count). The second kappa shape index (κ2) is 4.97. The van der Waals surface area contributed by atoms with Gasteiger partial charge in [0.15, 0.2) is 6.10 Å². The van der Waals surface area contributed by atoms with Crippen LogP contribution in [0, 0.1) is 0 Å². The molecule has 1 unspecified atom stereocenters. The van der Waals surface area contributed by atoms with Gasteiger partial charge in [-0.1, -0.05) is 0 Å². The first-order valence-corrected chi connectivity index (χ1v) is 6.45. The number of anilines is 1. The van der Waals surface area contributed by atoms with Gasteiger partial charge in [0.25, 0.3) is 5.91 Å². The Labute approximate surface area is 120 Å². The summed E-state index contributed by atoms with van der Waals surface area (Å²) in [6, 6.07) is 8.61. The van der Waals surface area contributed by atoms with Crippen molar-refractivity contribution in [3.63, 3.8) is 0 Å². The van der Waals surface area contributed by atoms with Gasteiger partial charge in [0.05, 0.1) is 5.69 Å². The van der Waals surface area contributed by atoms with Crippen molar-refractivity contribution in [3.8, 4) is 17.1 Å². The minimum Gasteiger partial charge on any atom is -0.481 e. The van der Waals surface area contributed by atoms with Gasteiger partial charge in [-0.3, -0.25) is 9.59 Å². The molecule has 0 radical (unpaired) electrons. The van der Waals surface area contributed by atoms with E-state index in [0.717, 1.165) is 5.56 Å². The number of hydrogen-bond donors (Lipinski definition) is 2. The molecule has 1 aromatic heterocycles. The highest BCUT2D eigenvalue weighted by atomic mass is 16.5. The molecule has 0 saturated heterocycles. The van der Waals surface area contributed by atoms with Crippen molar-refractivity contribution >= 4 is 17.6 Å². The van der Waals surface area contributed by atoms with E-state index < -0.39 is 12.1 Å². The highest BCUT2D eigenvalue weighted by Gasteiger charge is 2.23. The molecule has 0 spiro atoms. The number of hydrogen-bond acceptors (Lipinski definition) is 4. The summed E-state index contributed by atoms with van der Waals surface area (Å²) in [5.41, 5.74) is 1.32. The van der Waals surface area contributed by atoms with E-state index in [2.05, 4.69) is 5.32 Å². The number of carbonyl (C=O) groups excluding carboxylic acids is 1. The molecule has 2 aromatic rings. The van der Waals surface area contributed by atoms with E-state index in [1.54, 1.807) is 37.3 Å². The van der Waals surface area contributed by atoms with Crippen LogP contribution in [0.15, 0.2) is 34.7 Å². The standard InChI is InChI=1S/C15H13NO5/c1-8-15(19)16-11-6-9(2-4-13(11)20-8)12-5-3-10(21-12)7-14(17)18/h2-6,8H,7H2,1H3,(H,16,19)(H,17,18). The van der Waals surface area contributed by atoms with E-state index in [1.165, 1.54) is 0 Å². The van der Waals surface area contributed by atoms with Crippen molar-refractivity contribution in [2.75, 3.05) is 5.32 Å². The van der Waals surface area contributed by atoms with E-state index in [1.807, 2.05) is 0 Å². The molecule has 6 heteroatoms. The summed E-state index contributed by atoms with van der Waals surface area (Å²) in [6.07, 6.45) is -0.684. The lowest BCUT2D eigenvalue weighted by Gasteiger charge is -2.23. The predicted octanol–water partition coefficient (Wildman–Crippen LogP) is 2.29. The molecule has 108 valence electrons. The third kappa shape index (κ3) is 2.60. The number of fused-ring (bicyclic) bond motifs is 1. The molecule has 2 N–H and O–H groups in total. The Kier molecular flexibility index (Phi) is 3.13. The Hall–Kier alpha value is -2.76. The van der Waals surface area contributed by atoms with Gasteiger partial charge in [-0.25, -0.2) is 0 Å². The van der Waals surface area contributed by atoms with Gasteiger partial charge in [0.2, 0.25) is 0 Å². The number of carbonyl (C=O) groups is 2. The van der Waals surface area contributed by atoms with Crippen LogP contribution in [0.3, 0.4) is 0 Å². The third-order valence-corrected chi connectivity index (χ3v) is 3.18. The SMILES string of the molecule is CC1Oc2ccc(-c3ccc(CC(=O)O)o3)cc2NC1=O. The van der Waals surface area contributed by atoms with E-state index >= 15 is 0 Å². The fourth-order valence-electron chi connectivity index (χ4n) is 2.14. The van der Waals surface area contributed by atoms with Crippen LogP contribution in [-0.4, -0.2) is 23.1 Å². The molecule has 21 heavy (non-hydrogen) atoms. The maximum atomic E-state index is 11.6. The number of carboxylic acids is 1. The van der Waals surface area contributed by atoms with Crippen LogP contribution in [0.4, 0.5) is 5.69 Å². The minimum atomic E-state index is -0.948. The van der Waals surface area contributed by atoms with Crippen LogP contribution in [0.5, 0.6) is 5.75 Å². The van der Waals surface area contributed by atoms with Crippen LogP contribution < -0.4 is 10.1 Å². The molecule has 1 aromatic carbocycles. The quantitative estimate of drug-likeness (QED) is 0.904. The molecule has 1 aliphatic heterocycles. The number of rotatable bonds is 3. The number of amides is 1. The van der Waals surface area contributed by atoms with Crippen LogP contribution >= 0.6 is 0 Å². The number of carboxylic acid groups (broad SMARTS) is 1. The summed E-state index contributed by atoms with van der Waals surface area (Å²) in [5, 5.41) is 11.5. The predicted molar refractivity (Wildman–Crippen MR) is 74.2 cm³/mol. The molecule has 6 nitrogen and oxygen atoms in total. The van der Waals surface area contributed by atoms with Crippen molar-refractivity contribution in [1.29, 1.82) is 0 Å². The average molecular weight is 287 g/mol. The summed E-state index contributed by atoms with van der Waals surface area (Å²) >= 11 is 0. The molecule has 2 heterocycles. The van der Waals surface area contributed by atoms with Gasteiger partial charge in [0, 0.05) is 5.56 Å². The number of nitrogens with one attached hydrogen (secondary N) is 1. The van der Waals surface area contributed by atoms with Crippen LogP contribution in [0.2, 0.25) is 0 Å².